The molecule has 1 aromatic rings. The molecule has 19 heavy (non-hydrogen) atoms. The van der Waals surface area contributed by atoms with Gasteiger partial charge in [-0.15, -0.1) is 0 Å². The van der Waals surface area contributed by atoms with E-state index in [4.69, 9.17) is 4.74 Å². The number of likely N-dealkylation sites (tertiary alicyclic amines) is 1. The first-order valence-electron chi connectivity index (χ1n) is 6.01. The van der Waals surface area contributed by atoms with Crippen LogP contribution in [-0.2, 0) is 9.53 Å². The van der Waals surface area contributed by atoms with Crippen molar-refractivity contribution in [3.8, 4) is 5.75 Å². The number of carbonyl (C=O) groups is 2. The number of phenols is 1. The summed E-state index contributed by atoms with van der Waals surface area (Å²) < 4.78 is 5.76. The Hall–Kier alpha value is -1.31. The number of ether oxygens (including phenoxy) is 1. The Bertz CT molecular complexity index is 497. The van der Waals surface area contributed by atoms with Crippen LogP contribution in [0, 0.1) is 3.57 Å². The van der Waals surface area contributed by atoms with Crippen molar-refractivity contribution in [1.29, 1.82) is 0 Å². The molecule has 0 spiro atoms. The van der Waals surface area contributed by atoms with Crippen molar-refractivity contribution in [2.24, 2.45) is 0 Å². The van der Waals surface area contributed by atoms with Gasteiger partial charge < -0.3 is 14.7 Å². The minimum absolute atomic E-state index is 0.0844. The molecule has 1 saturated heterocycles. The molecule has 1 heterocycles. The molecule has 5 nitrogen and oxygen atoms in total. The summed E-state index contributed by atoms with van der Waals surface area (Å²) in [4.78, 5) is 25.2. The van der Waals surface area contributed by atoms with E-state index in [2.05, 4.69) is 0 Å². The molecule has 0 saturated carbocycles. The second-order valence-corrected chi connectivity index (χ2v) is 5.57. The van der Waals surface area contributed by atoms with Crippen LogP contribution >= 0.6 is 22.6 Å². The number of nitrogens with zero attached hydrogens (tertiary/aromatic N) is 1. The maximum atomic E-state index is 11.8. The molecule has 0 radical (unpaired) electrons. The van der Waals surface area contributed by atoms with Gasteiger partial charge in [-0.25, -0.2) is 4.79 Å². The highest BCUT2D eigenvalue weighted by Gasteiger charge is 2.20. The molecule has 0 bridgehead atoms. The van der Waals surface area contributed by atoms with Gasteiger partial charge in [0.05, 0.1) is 0 Å². The standard InChI is InChI=1S/C13H14INO4/c14-9-3-4-11(16)10(7-9)13(18)19-8-12(17)15-5-1-2-6-15/h3-4,7,16H,1-2,5-6,8H2. The molecule has 1 aliphatic heterocycles. The summed E-state index contributed by atoms with van der Waals surface area (Å²) >= 11 is 2.03. The zero-order valence-corrected chi connectivity index (χ0v) is 12.4. The maximum absolute atomic E-state index is 11.8. The fourth-order valence-corrected chi connectivity index (χ4v) is 2.43. The third-order valence-corrected chi connectivity index (χ3v) is 3.64. The van der Waals surface area contributed by atoms with E-state index < -0.39 is 5.97 Å². The normalized spacial score (nSPS) is 14.5. The topological polar surface area (TPSA) is 66.8 Å². The Morgan fingerprint density at radius 3 is 2.68 bits per heavy atom. The van der Waals surface area contributed by atoms with E-state index in [-0.39, 0.29) is 23.8 Å². The Labute approximate surface area is 124 Å². The number of rotatable bonds is 3. The predicted molar refractivity (Wildman–Crippen MR) is 76.9 cm³/mol. The first-order chi connectivity index (χ1) is 9.08. The van der Waals surface area contributed by atoms with E-state index in [0.717, 1.165) is 29.5 Å². The lowest BCUT2D eigenvalue weighted by atomic mass is 10.2. The van der Waals surface area contributed by atoms with Crippen molar-refractivity contribution in [3.05, 3.63) is 27.3 Å². The van der Waals surface area contributed by atoms with Gasteiger partial charge in [0.2, 0.25) is 0 Å². The van der Waals surface area contributed by atoms with Crippen molar-refractivity contribution >= 4 is 34.5 Å². The molecule has 1 fully saturated rings. The molecule has 1 amide bonds. The number of hydrogen-bond acceptors (Lipinski definition) is 4. The second kappa shape index (κ2) is 6.23. The highest BCUT2D eigenvalue weighted by Crippen LogP contribution is 2.20. The average Bonchev–Trinajstić information content (AvgIpc) is 2.92. The summed E-state index contributed by atoms with van der Waals surface area (Å²) in [7, 11) is 0. The zero-order chi connectivity index (χ0) is 13.8. The van der Waals surface area contributed by atoms with Gasteiger partial charge in [0.25, 0.3) is 5.91 Å². The van der Waals surface area contributed by atoms with Crippen LogP contribution in [0.25, 0.3) is 0 Å². The van der Waals surface area contributed by atoms with Crippen LogP contribution in [-0.4, -0.2) is 41.6 Å². The lowest BCUT2D eigenvalue weighted by molar-refractivity contribution is -0.133. The van der Waals surface area contributed by atoms with Gasteiger partial charge in [-0.05, 0) is 53.6 Å². The van der Waals surface area contributed by atoms with E-state index in [1.165, 1.54) is 12.1 Å². The smallest absolute Gasteiger partial charge is 0.342 e. The number of benzene rings is 1. The van der Waals surface area contributed by atoms with Crippen LogP contribution in [0.15, 0.2) is 18.2 Å². The van der Waals surface area contributed by atoms with Crippen LogP contribution in [0.2, 0.25) is 0 Å². The molecule has 1 aromatic carbocycles. The minimum Gasteiger partial charge on any atom is -0.507 e. The van der Waals surface area contributed by atoms with Crippen LogP contribution in [0.3, 0.4) is 0 Å². The van der Waals surface area contributed by atoms with Crippen molar-refractivity contribution < 1.29 is 19.4 Å². The molecular formula is C13H14INO4. The van der Waals surface area contributed by atoms with Gasteiger partial charge in [0, 0.05) is 16.7 Å². The summed E-state index contributed by atoms with van der Waals surface area (Å²) in [5.74, 6) is -1.00. The van der Waals surface area contributed by atoms with E-state index in [9.17, 15) is 14.7 Å². The monoisotopic (exact) mass is 375 g/mol. The Kier molecular flexibility index (Phi) is 4.62. The van der Waals surface area contributed by atoms with Gasteiger partial charge in [0.15, 0.2) is 6.61 Å². The number of carbonyl (C=O) groups excluding carboxylic acids is 2. The molecule has 102 valence electrons. The number of aromatic hydroxyl groups is 1. The van der Waals surface area contributed by atoms with Crippen LogP contribution in [0.1, 0.15) is 23.2 Å². The molecule has 6 heteroatoms. The van der Waals surface area contributed by atoms with Gasteiger partial charge in [-0.2, -0.15) is 0 Å². The third kappa shape index (κ3) is 3.59. The molecule has 1 aliphatic rings. The number of amides is 1. The zero-order valence-electron chi connectivity index (χ0n) is 10.3. The molecule has 0 unspecified atom stereocenters. The third-order valence-electron chi connectivity index (χ3n) is 2.96. The molecule has 1 N–H and O–H groups in total. The summed E-state index contributed by atoms with van der Waals surface area (Å²) in [6, 6.07) is 4.64. The van der Waals surface area contributed by atoms with Gasteiger partial charge in [-0.1, -0.05) is 0 Å². The average molecular weight is 375 g/mol. The van der Waals surface area contributed by atoms with Crippen molar-refractivity contribution in [2.45, 2.75) is 12.8 Å². The molecule has 0 aliphatic carbocycles. The largest absolute Gasteiger partial charge is 0.507 e. The van der Waals surface area contributed by atoms with Crippen molar-refractivity contribution in [1.82, 2.24) is 4.90 Å². The van der Waals surface area contributed by atoms with Crippen LogP contribution in [0.5, 0.6) is 5.75 Å². The van der Waals surface area contributed by atoms with Crippen LogP contribution in [0.4, 0.5) is 0 Å². The van der Waals surface area contributed by atoms with Crippen molar-refractivity contribution in [2.75, 3.05) is 19.7 Å². The first kappa shape index (κ1) is 14.1. The SMILES string of the molecule is O=C(OCC(=O)N1CCCC1)c1cc(I)ccc1O. The number of hydrogen-bond donors (Lipinski definition) is 1. The fourth-order valence-electron chi connectivity index (χ4n) is 1.93. The van der Waals surface area contributed by atoms with E-state index in [1.54, 1.807) is 11.0 Å². The first-order valence-corrected chi connectivity index (χ1v) is 7.09. The highest BCUT2D eigenvalue weighted by molar-refractivity contribution is 14.1. The number of phenolic OH excluding ortho intramolecular Hbond substituents is 1. The van der Waals surface area contributed by atoms with Crippen LogP contribution < -0.4 is 0 Å². The number of esters is 1. The Morgan fingerprint density at radius 1 is 1.32 bits per heavy atom. The van der Waals surface area contributed by atoms with Crippen molar-refractivity contribution in [3.63, 3.8) is 0 Å². The number of halogens is 1. The van der Waals surface area contributed by atoms with E-state index >= 15 is 0 Å². The Morgan fingerprint density at radius 2 is 2.00 bits per heavy atom. The molecule has 2 rings (SSSR count). The molecule has 0 atom stereocenters. The molecule has 0 aromatic heterocycles. The maximum Gasteiger partial charge on any atom is 0.342 e. The lowest BCUT2D eigenvalue weighted by Crippen LogP contribution is -2.32. The second-order valence-electron chi connectivity index (χ2n) is 4.33. The van der Waals surface area contributed by atoms with E-state index in [1.807, 2.05) is 22.6 Å². The summed E-state index contributed by atoms with van der Waals surface area (Å²) in [6.07, 6.45) is 1.99. The minimum atomic E-state index is -0.677. The summed E-state index contributed by atoms with van der Waals surface area (Å²) in [6.45, 7) is 1.18. The lowest BCUT2D eigenvalue weighted by Gasteiger charge is -2.15. The van der Waals surface area contributed by atoms with Gasteiger partial charge >= 0.3 is 5.97 Å². The summed E-state index contributed by atoms with van der Waals surface area (Å²) in [5, 5.41) is 9.58. The highest BCUT2D eigenvalue weighted by atomic mass is 127. The summed E-state index contributed by atoms with van der Waals surface area (Å²) in [5.41, 5.74) is 0.0844. The Balaban J connectivity index is 1.93. The van der Waals surface area contributed by atoms with Gasteiger partial charge in [-0.3, -0.25) is 4.79 Å². The molecular weight excluding hydrogens is 361 g/mol. The predicted octanol–water partition coefficient (Wildman–Crippen LogP) is 1.78. The van der Waals surface area contributed by atoms with Gasteiger partial charge in [0.1, 0.15) is 11.3 Å². The van der Waals surface area contributed by atoms with E-state index in [0.29, 0.717) is 0 Å². The quantitative estimate of drug-likeness (QED) is 0.646. The fraction of sp³-hybridized carbons (Fsp3) is 0.385.